The third-order valence-corrected chi connectivity index (χ3v) is 6.68. The van der Waals surface area contributed by atoms with Crippen LogP contribution in [0.1, 0.15) is 29.1 Å². The summed E-state index contributed by atoms with van der Waals surface area (Å²) in [5.74, 6) is 2.82. The molecular formula is C27H24ClN3O3S. The molecule has 5 rings (SSSR count). The predicted octanol–water partition coefficient (Wildman–Crippen LogP) is 6.50. The van der Waals surface area contributed by atoms with Crippen LogP contribution in [0.2, 0.25) is 5.02 Å². The maximum absolute atomic E-state index is 6.47. The second-order valence-electron chi connectivity index (χ2n) is 8.20. The van der Waals surface area contributed by atoms with E-state index in [4.69, 9.17) is 37.7 Å². The Morgan fingerprint density at radius 3 is 2.63 bits per heavy atom. The quantitative estimate of drug-likeness (QED) is 0.300. The van der Waals surface area contributed by atoms with Crippen molar-refractivity contribution in [3.8, 4) is 22.8 Å². The molecule has 0 saturated carbocycles. The molecule has 6 nitrogen and oxygen atoms in total. The molecule has 0 unspecified atom stereocenters. The zero-order valence-corrected chi connectivity index (χ0v) is 21.1. The second kappa shape index (κ2) is 9.60. The maximum atomic E-state index is 6.47. The van der Waals surface area contributed by atoms with Crippen molar-refractivity contribution in [3.05, 3.63) is 95.0 Å². The van der Waals surface area contributed by atoms with Crippen LogP contribution < -0.4 is 19.7 Å². The first kappa shape index (κ1) is 23.2. The number of nitrogens with zero attached hydrogens (tertiary/aromatic N) is 2. The largest absolute Gasteiger partial charge is 0.497 e. The van der Waals surface area contributed by atoms with Gasteiger partial charge in [0, 0.05) is 22.8 Å². The highest BCUT2D eigenvalue weighted by atomic mass is 35.5. The Morgan fingerprint density at radius 2 is 1.89 bits per heavy atom. The summed E-state index contributed by atoms with van der Waals surface area (Å²) in [5, 5.41) is 4.63. The zero-order chi connectivity index (χ0) is 24.5. The lowest BCUT2D eigenvalue weighted by Crippen LogP contribution is -2.29. The van der Waals surface area contributed by atoms with Crippen molar-refractivity contribution in [2.45, 2.75) is 19.0 Å². The highest BCUT2D eigenvalue weighted by molar-refractivity contribution is 7.80. The van der Waals surface area contributed by atoms with E-state index < -0.39 is 0 Å². The topological polar surface area (TPSA) is 59.8 Å². The van der Waals surface area contributed by atoms with Gasteiger partial charge in [0.1, 0.15) is 29.1 Å². The summed E-state index contributed by atoms with van der Waals surface area (Å²) >= 11 is 12.1. The Morgan fingerprint density at radius 1 is 1.03 bits per heavy atom. The molecule has 35 heavy (non-hydrogen) atoms. The number of aryl methyl sites for hydroxylation is 1. The smallest absolute Gasteiger partial charge is 0.174 e. The number of hydrogen-bond donors (Lipinski definition) is 1. The number of pyridine rings is 1. The minimum atomic E-state index is -0.327. The number of furan rings is 1. The second-order valence-corrected chi connectivity index (χ2v) is 9.02. The van der Waals surface area contributed by atoms with E-state index in [-0.39, 0.29) is 12.1 Å². The van der Waals surface area contributed by atoms with Crippen LogP contribution in [0.3, 0.4) is 0 Å². The van der Waals surface area contributed by atoms with Gasteiger partial charge in [-0.2, -0.15) is 0 Å². The first-order valence-electron chi connectivity index (χ1n) is 11.1. The third kappa shape index (κ3) is 4.33. The van der Waals surface area contributed by atoms with Crippen molar-refractivity contribution in [3.63, 3.8) is 0 Å². The van der Waals surface area contributed by atoms with Gasteiger partial charge in [-0.05, 0) is 73.2 Å². The molecule has 0 aliphatic carbocycles. The van der Waals surface area contributed by atoms with E-state index in [2.05, 4.69) is 10.3 Å². The van der Waals surface area contributed by atoms with Gasteiger partial charge in [-0.3, -0.25) is 4.98 Å². The fourth-order valence-electron chi connectivity index (χ4n) is 4.40. The van der Waals surface area contributed by atoms with E-state index in [1.165, 1.54) is 0 Å². The number of rotatable bonds is 6. The molecule has 2 atom stereocenters. The summed E-state index contributed by atoms with van der Waals surface area (Å²) < 4.78 is 17.7. The van der Waals surface area contributed by atoms with Crippen LogP contribution in [0.5, 0.6) is 11.5 Å². The van der Waals surface area contributed by atoms with Gasteiger partial charge in [-0.15, -0.1) is 0 Å². The molecule has 8 heteroatoms. The summed E-state index contributed by atoms with van der Waals surface area (Å²) in [7, 11) is 3.27. The van der Waals surface area contributed by atoms with Crippen molar-refractivity contribution < 1.29 is 13.9 Å². The summed E-state index contributed by atoms with van der Waals surface area (Å²) in [5.41, 5.74) is 3.63. The van der Waals surface area contributed by atoms with Gasteiger partial charge in [0.15, 0.2) is 5.11 Å². The molecule has 3 heterocycles. The molecule has 4 aromatic rings. The number of methoxy groups -OCH3 is 2. The predicted molar refractivity (Wildman–Crippen MR) is 141 cm³/mol. The number of hydrogen-bond acceptors (Lipinski definition) is 5. The molecule has 1 aliphatic heterocycles. The summed E-state index contributed by atoms with van der Waals surface area (Å²) in [4.78, 5) is 6.61. The minimum absolute atomic E-state index is 0.251. The van der Waals surface area contributed by atoms with Gasteiger partial charge < -0.3 is 24.1 Å². The number of halogens is 1. The number of benzene rings is 2. The minimum Gasteiger partial charge on any atom is -0.497 e. The zero-order valence-electron chi connectivity index (χ0n) is 19.5. The molecule has 0 amide bonds. The molecule has 1 aliphatic rings. The van der Waals surface area contributed by atoms with Gasteiger partial charge >= 0.3 is 0 Å². The average molecular weight is 506 g/mol. The number of nitrogens with one attached hydrogen (secondary N) is 1. The monoisotopic (exact) mass is 505 g/mol. The van der Waals surface area contributed by atoms with Crippen LogP contribution in [0.4, 0.5) is 5.69 Å². The average Bonchev–Trinajstić information content (AvgIpc) is 3.50. The maximum Gasteiger partial charge on any atom is 0.174 e. The fourth-order valence-corrected chi connectivity index (χ4v) is 4.92. The molecular weight excluding hydrogens is 482 g/mol. The Bertz CT molecular complexity index is 1380. The first-order chi connectivity index (χ1) is 17.0. The van der Waals surface area contributed by atoms with Crippen molar-refractivity contribution in [2.75, 3.05) is 19.1 Å². The fraction of sp³-hybridized carbons (Fsp3) is 0.185. The Hall–Kier alpha value is -3.55. The molecule has 1 N–H and O–H groups in total. The van der Waals surface area contributed by atoms with Gasteiger partial charge in [-0.1, -0.05) is 23.7 Å². The number of ether oxygens (including phenoxy) is 2. The van der Waals surface area contributed by atoms with Crippen molar-refractivity contribution >= 4 is 34.6 Å². The van der Waals surface area contributed by atoms with Gasteiger partial charge in [0.2, 0.25) is 0 Å². The van der Waals surface area contributed by atoms with Crippen molar-refractivity contribution in [2.24, 2.45) is 0 Å². The van der Waals surface area contributed by atoms with E-state index in [0.29, 0.717) is 21.6 Å². The summed E-state index contributed by atoms with van der Waals surface area (Å²) in [6.45, 7) is 2.03. The molecule has 2 aromatic carbocycles. The highest BCUT2D eigenvalue weighted by Gasteiger charge is 2.43. The van der Waals surface area contributed by atoms with Crippen molar-refractivity contribution in [1.29, 1.82) is 0 Å². The SMILES string of the molecule is COc1ccc(OC)c(N2C(=S)N[C@H](c3ccccn3)[C@H]2c2ccc(-c3cc(Cl)ccc3C)o2)c1. The van der Waals surface area contributed by atoms with E-state index >= 15 is 0 Å². The lowest BCUT2D eigenvalue weighted by atomic mass is 10.0. The standard InChI is InChI=1S/C27H24ClN3O3S/c1-16-7-8-17(28)14-19(16)22-11-12-24(34-22)26-25(20-6-4-5-13-29-20)30-27(35)31(26)21-15-18(32-2)9-10-23(21)33-3/h4-15,25-26H,1-3H3,(H,30,35)/t25-,26-/m1/s1. The Balaban J connectivity index is 1.65. The van der Waals surface area contributed by atoms with Crippen LogP contribution >= 0.6 is 23.8 Å². The molecule has 0 radical (unpaired) electrons. The number of anilines is 1. The first-order valence-corrected chi connectivity index (χ1v) is 11.9. The molecule has 178 valence electrons. The Kier molecular flexibility index (Phi) is 6.36. The number of thiocarbonyl (C=S) groups is 1. The van der Waals surface area contributed by atoms with E-state index in [9.17, 15) is 0 Å². The molecule has 1 saturated heterocycles. The molecule has 0 bridgehead atoms. The molecule has 1 fully saturated rings. The summed E-state index contributed by atoms with van der Waals surface area (Å²) in [6, 6.07) is 20.6. The van der Waals surface area contributed by atoms with Crippen LogP contribution in [0.25, 0.3) is 11.3 Å². The molecule has 2 aromatic heterocycles. The van der Waals surface area contributed by atoms with Crippen LogP contribution in [-0.4, -0.2) is 24.3 Å². The highest BCUT2D eigenvalue weighted by Crippen LogP contribution is 2.46. The lowest BCUT2D eigenvalue weighted by molar-refractivity contribution is 0.400. The van der Waals surface area contributed by atoms with E-state index in [1.807, 2.05) is 78.6 Å². The lowest BCUT2D eigenvalue weighted by Gasteiger charge is -2.27. The van der Waals surface area contributed by atoms with Crippen LogP contribution in [0.15, 0.2) is 77.3 Å². The van der Waals surface area contributed by atoms with Gasteiger partial charge in [0.25, 0.3) is 0 Å². The van der Waals surface area contributed by atoms with Crippen LogP contribution in [0, 0.1) is 6.92 Å². The van der Waals surface area contributed by atoms with E-state index in [1.54, 1.807) is 20.4 Å². The third-order valence-electron chi connectivity index (χ3n) is 6.13. The normalized spacial score (nSPS) is 17.4. The van der Waals surface area contributed by atoms with Gasteiger partial charge in [0.05, 0.1) is 31.6 Å². The number of aromatic nitrogens is 1. The van der Waals surface area contributed by atoms with Crippen molar-refractivity contribution in [1.82, 2.24) is 10.3 Å². The van der Waals surface area contributed by atoms with E-state index in [0.717, 1.165) is 34.0 Å². The Labute approximate surface area is 214 Å². The van der Waals surface area contributed by atoms with Gasteiger partial charge in [-0.25, -0.2) is 0 Å². The van der Waals surface area contributed by atoms with Crippen LogP contribution in [-0.2, 0) is 0 Å². The summed E-state index contributed by atoms with van der Waals surface area (Å²) in [6.07, 6.45) is 1.77. The molecule has 0 spiro atoms.